The molecule has 0 spiro atoms. The molecule has 8 heteroatoms. The molecular weight excluding hydrogens is 312 g/mol. The lowest BCUT2D eigenvalue weighted by atomic mass is 9.89. The Morgan fingerprint density at radius 1 is 1.23 bits per heavy atom. The first-order valence-corrected chi connectivity index (χ1v) is 9.19. The van der Waals surface area contributed by atoms with Crippen LogP contribution in [-0.4, -0.2) is 56.7 Å². The smallest absolute Gasteiger partial charge is 0.323 e. The molecule has 22 heavy (non-hydrogen) atoms. The molecule has 2 aliphatic carbocycles. The third kappa shape index (κ3) is 3.61. The third-order valence-electron chi connectivity index (χ3n) is 4.86. The summed E-state index contributed by atoms with van der Waals surface area (Å²) in [7, 11) is -4.32. The van der Waals surface area contributed by atoms with E-state index in [0.717, 1.165) is 26.1 Å². The summed E-state index contributed by atoms with van der Waals surface area (Å²) in [5.41, 5.74) is 0.128. The highest BCUT2D eigenvalue weighted by molar-refractivity contribution is 7.86. The Labute approximate surface area is 130 Å². The van der Waals surface area contributed by atoms with Gasteiger partial charge in [-0.15, -0.1) is 0 Å². The van der Waals surface area contributed by atoms with Crippen LogP contribution in [0, 0.1) is 17.3 Å². The number of hydrogen-bond acceptors (Lipinski definition) is 6. The topological polar surface area (TPSA) is 99.1 Å². The highest BCUT2D eigenvalue weighted by Gasteiger charge is 2.49. The zero-order chi connectivity index (χ0) is 16.0. The highest BCUT2D eigenvalue weighted by Crippen LogP contribution is 2.48. The van der Waals surface area contributed by atoms with E-state index in [0.29, 0.717) is 18.9 Å². The van der Waals surface area contributed by atoms with Gasteiger partial charge in [0, 0.05) is 5.41 Å². The Morgan fingerprint density at radius 3 is 2.36 bits per heavy atom. The average Bonchev–Trinajstić information content (AvgIpc) is 2.90. The number of carbonyl (C=O) groups excluding carboxylic acids is 1. The quantitative estimate of drug-likeness (QED) is 0.562. The first-order valence-electron chi connectivity index (χ1n) is 7.58. The predicted octanol–water partition coefficient (Wildman–Crippen LogP) is 0.638. The molecule has 0 radical (unpaired) electrons. The van der Waals surface area contributed by atoms with E-state index in [-0.39, 0.29) is 23.5 Å². The number of ether oxygens (including phenoxy) is 3. The monoisotopic (exact) mass is 334 g/mol. The maximum atomic E-state index is 11.5. The molecule has 3 aliphatic rings. The van der Waals surface area contributed by atoms with E-state index in [1.807, 2.05) is 0 Å². The fraction of sp³-hybridized carbons (Fsp3) is 0.929. The molecule has 4 atom stereocenters. The lowest BCUT2D eigenvalue weighted by Gasteiger charge is -2.39. The summed E-state index contributed by atoms with van der Waals surface area (Å²) >= 11 is 0. The maximum absolute atomic E-state index is 11.5. The van der Waals surface area contributed by atoms with Crippen molar-refractivity contribution in [3.8, 4) is 0 Å². The second-order valence-corrected chi connectivity index (χ2v) is 8.59. The van der Waals surface area contributed by atoms with Crippen LogP contribution < -0.4 is 0 Å². The van der Waals surface area contributed by atoms with Crippen molar-refractivity contribution in [2.45, 2.75) is 38.4 Å². The highest BCUT2D eigenvalue weighted by atomic mass is 32.2. The van der Waals surface area contributed by atoms with Gasteiger partial charge in [-0.25, -0.2) is 0 Å². The van der Waals surface area contributed by atoms with Gasteiger partial charge in [-0.05, 0) is 31.1 Å². The van der Waals surface area contributed by atoms with Crippen LogP contribution in [0.2, 0.25) is 0 Å². The van der Waals surface area contributed by atoms with Gasteiger partial charge in [-0.2, -0.15) is 8.42 Å². The molecule has 2 bridgehead atoms. The minimum atomic E-state index is -4.32. The minimum absolute atomic E-state index is 0.128. The van der Waals surface area contributed by atoms with E-state index in [1.54, 1.807) is 0 Å². The number of esters is 1. The van der Waals surface area contributed by atoms with Gasteiger partial charge in [-0.1, -0.05) is 6.92 Å². The van der Waals surface area contributed by atoms with Crippen molar-refractivity contribution in [3.63, 3.8) is 0 Å². The van der Waals surface area contributed by atoms with Crippen LogP contribution in [0.5, 0.6) is 0 Å². The molecule has 1 saturated heterocycles. The summed E-state index contributed by atoms with van der Waals surface area (Å²) in [5, 5.41) is 0. The summed E-state index contributed by atoms with van der Waals surface area (Å²) in [6, 6.07) is 0. The van der Waals surface area contributed by atoms with Gasteiger partial charge < -0.3 is 14.2 Å². The Kier molecular flexibility index (Phi) is 4.22. The summed E-state index contributed by atoms with van der Waals surface area (Å²) in [6.45, 7) is 4.31. The lowest BCUT2D eigenvalue weighted by molar-refractivity contribution is -0.161. The number of rotatable bonds is 6. The van der Waals surface area contributed by atoms with Gasteiger partial charge in [-0.3, -0.25) is 9.35 Å². The minimum Gasteiger partial charge on any atom is -0.461 e. The molecule has 2 saturated carbocycles. The first kappa shape index (κ1) is 16.2. The predicted molar refractivity (Wildman–Crippen MR) is 75.8 cm³/mol. The number of fused-ring (bicyclic) bond motifs is 2. The van der Waals surface area contributed by atoms with Crippen molar-refractivity contribution in [3.05, 3.63) is 0 Å². The standard InChI is InChI=1S/C14H22O7S/c1-14(6-19-7-14)8-20-11-3-10-2-9(11)4-12(10)21-13(15)5-22(16,17)18/h9-12H,2-8H2,1H3,(H,16,17,18). The SMILES string of the molecule is CC1(COC2CC3CC2CC3OC(=O)CS(=O)(=O)O)COC1. The molecule has 126 valence electrons. The second-order valence-electron chi connectivity index (χ2n) is 7.13. The molecule has 1 aliphatic heterocycles. The molecule has 0 aromatic rings. The second kappa shape index (κ2) is 5.74. The molecule has 4 unspecified atom stereocenters. The Hall–Kier alpha value is -0.700. The Balaban J connectivity index is 1.44. The maximum Gasteiger partial charge on any atom is 0.323 e. The number of carbonyl (C=O) groups is 1. The van der Waals surface area contributed by atoms with Gasteiger partial charge in [0.2, 0.25) is 0 Å². The fourth-order valence-electron chi connectivity index (χ4n) is 3.71. The number of hydrogen-bond donors (Lipinski definition) is 1. The van der Waals surface area contributed by atoms with Crippen LogP contribution in [0.4, 0.5) is 0 Å². The van der Waals surface area contributed by atoms with Crippen LogP contribution in [0.1, 0.15) is 26.2 Å². The largest absolute Gasteiger partial charge is 0.461 e. The van der Waals surface area contributed by atoms with Gasteiger partial charge in [0.05, 0.1) is 25.9 Å². The van der Waals surface area contributed by atoms with Crippen molar-refractivity contribution >= 4 is 16.1 Å². The van der Waals surface area contributed by atoms with Crippen LogP contribution in [0.3, 0.4) is 0 Å². The summed E-state index contributed by atoms with van der Waals surface area (Å²) in [4.78, 5) is 11.5. The zero-order valence-electron chi connectivity index (χ0n) is 12.6. The van der Waals surface area contributed by atoms with Crippen LogP contribution in [0.15, 0.2) is 0 Å². The van der Waals surface area contributed by atoms with Crippen molar-refractivity contribution in [1.82, 2.24) is 0 Å². The summed E-state index contributed by atoms with van der Waals surface area (Å²) < 4.78 is 46.4. The molecule has 3 rings (SSSR count). The summed E-state index contributed by atoms with van der Waals surface area (Å²) in [5.74, 6) is -1.26. The van der Waals surface area contributed by atoms with Gasteiger partial charge in [0.15, 0.2) is 5.75 Å². The van der Waals surface area contributed by atoms with E-state index in [4.69, 9.17) is 18.8 Å². The van der Waals surface area contributed by atoms with Crippen molar-refractivity contribution < 1.29 is 32.0 Å². The van der Waals surface area contributed by atoms with E-state index >= 15 is 0 Å². The van der Waals surface area contributed by atoms with Crippen LogP contribution in [0.25, 0.3) is 0 Å². The molecule has 0 amide bonds. The molecule has 3 fully saturated rings. The van der Waals surface area contributed by atoms with E-state index in [9.17, 15) is 13.2 Å². The Morgan fingerprint density at radius 2 is 1.86 bits per heavy atom. The first-order chi connectivity index (χ1) is 10.2. The van der Waals surface area contributed by atoms with Crippen LogP contribution in [-0.2, 0) is 29.1 Å². The molecule has 1 N–H and O–H groups in total. The molecule has 7 nitrogen and oxygen atoms in total. The van der Waals surface area contributed by atoms with E-state index in [1.165, 1.54) is 0 Å². The van der Waals surface area contributed by atoms with E-state index in [2.05, 4.69) is 6.92 Å². The fourth-order valence-corrected chi connectivity index (χ4v) is 4.08. The molecular formula is C14H22O7S. The third-order valence-corrected chi connectivity index (χ3v) is 5.46. The van der Waals surface area contributed by atoms with Crippen molar-refractivity contribution in [2.24, 2.45) is 17.3 Å². The van der Waals surface area contributed by atoms with Gasteiger partial charge in [0.1, 0.15) is 6.10 Å². The van der Waals surface area contributed by atoms with Gasteiger partial charge in [0.25, 0.3) is 10.1 Å². The molecule has 1 heterocycles. The Bertz CT molecular complexity index is 539. The van der Waals surface area contributed by atoms with Crippen molar-refractivity contribution in [1.29, 1.82) is 0 Å². The van der Waals surface area contributed by atoms with Crippen LogP contribution >= 0.6 is 0 Å². The molecule has 0 aromatic carbocycles. The van der Waals surface area contributed by atoms with E-state index < -0.39 is 21.8 Å². The lowest BCUT2D eigenvalue weighted by Crippen LogP contribution is -2.45. The summed E-state index contributed by atoms with van der Waals surface area (Å²) in [6.07, 6.45) is 2.44. The average molecular weight is 334 g/mol. The van der Waals surface area contributed by atoms with Gasteiger partial charge >= 0.3 is 5.97 Å². The zero-order valence-corrected chi connectivity index (χ0v) is 13.4. The van der Waals surface area contributed by atoms with Crippen molar-refractivity contribution in [2.75, 3.05) is 25.6 Å². The normalized spacial score (nSPS) is 36.1. The molecule has 0 aromatic heterocycles.